The standard InChI is InChI=1S/C21H28N4O2/c1-14(2)13-22-21(27)19-24-18(17-11-7-8-12-25(17)19)20(26)23-15(3)16-9-5-4-6-10-16/h4-6,9-10,14-15H,7-8,11-13H2,1-3H3,(H,22,27)(H,23,26). The number of nitrogens with zero attached hydrogens (tertiary/aromatic N) is 2. The molecule has 0 spiro atoms. The number of amides is 2. The molecule has 2 N–H and O–H groups in total. The zero-order valence-electron chi connectivity index (χ0n) is 16.3. The monoisotopic (exact) mass is 368 g/mol. The van der Waals surface area contributed by atoms with Crippen LogP contribution in [-0.4, -0.2) is 27.9 Å². The van der Waals surface area contributed by atoms with Crippen LogP contribution in [0.4, 0.5) is 0 Å². The molecule has 0 saturated heterocycles. The van der Waals surface area contributed by atoms with Crippen molar-refractivity contribution in [2.75, 3.05) is 6.54 Å². The summed E-state index contributed by atoms with van der Waals surface area (Å²) >= 11 is 0. The second-order valence-corrected chi connectivity index (χ2v) is 7.55. The van der Waals surface area contributed by atoms with Crippen LogP contribution in [-0.2, 0) is 13.0 Å². The van der Waals surface area contributed by atoms with Gasteiger partial charge in [0.1, 0.15) is 5.69 Å². The Balaban J connectivity index is 1.82. The van der Waals surface area contributed by atoms with Crippen molar-refractivity contribution in [3.05, 3.63) is 53.1 Å². The fraction of sp³-hybridized carbons (Fsp3) is 0.476. The van der Waals surface area contributed by atoms with E-state index in [2.05, 4.69) is 15.6 Å². The van der Waals surface area contributed by atoms with Crippen LogP contribution in [0.25, 0.3) is 0 Å². The van der Waals surface area contributed by atoms with E-state index in [1.165, 1.54) is 0 Å². The molecule has 0 saturated carbocycles. The van der Waals surface area contributed by atoms with Gasteiger partial charge in [-0.3, -0.25) is 9.59 Å². The molecule has 2 aromatic rings. The number of carbonyl (C=O) groups is 2. The normalized spacial score (nSPS) is 14.5. The van der Waals surface area contributed by atoms with Crippen molar-refractivity contribution >= 4 is 11.8 Å². The average molecular weight is 368 g/mol. The fourth-order valence-corrected chi connectivity index (χ4v) is 3.36. The van der Waals surface area contributed by atoms with Gasteiger partial charge >= 0.3 is 0 Å². The highest BCUT2D eigenvalue weighted by Crippen LogP contribution is 2.22. The summed E-state index contributed by atoms with van der Waals surface area (Å²) in [5.74, 6) is 0.281. The van der Waals surface area contributed by atoms with Gasteiger partial charge in [0.15, 0.2) is 5.82 Å². The number of benzene rings is 1. The molecule has 2 heterocycles. The third kappa shape index (κ3) is 4.38. The first-order chi connectivity index (χ1) is 13.0. The van der Waals surface area contributed by atoms with E-state index in [9.17, 15) is 9.59 Å². The van der Waals surface area contributed by atoms with Gasteiger partial charge in [-0.2, -0.15) is 0 Å². The van der Waals surface area contributed by atoms with Gasteiger partial charge in [-0.1, -0.05) is 44.2 Å². The molecule has 1 aromatic carbocycles. The lowest BCUT2D eigenvalue weighted by atomic mass is 10.1. The number of hydrogen-bond donors (Lipinski definition) is 2. The van der Waals surface area contributed by atoms with Gasteiger partial charge in [0.05, 0.1) is 11.7 Å². The van der Waals surface area contributed by atoms with Gasteiger partial charge < -0.3 is 15.2 Å². The van der Waals surface area contributed by atoms with Gasteiger partial charge in [0.25, 0.3) is 11.8 Å². The van der Waals surface area contributed by atoms with E-state index in [4.69, 9.17) is 0 Å². The average Bonchev–Trinajstić information content (AvgIpc) is 3.06. The summed E-state index contributed by atoms with van der Waals surface area (Å²) in [4.78, 5) is 29.9. The lowest BCUT2D eigenvalue weighted by molar-refractivity contribution is 0.0932. The predicted octanol–water partition coefficient (Wildman–Crippen LogP) is 3.10. The molecule has 0 fully saturated rings. The van der Waals surface area contributed by atoms with E-state index in [1.54, 1.807) is 0 Å². The van der Waals surface area contributed by atoms with Crippen LogP contribution in [0.3, 0.4) is 0 Å². The zero-order chi connectivity index (χ0) is 19.4. The molecule has 1 unspecified atom stereocenters. The fourth-order valence-electron chi connectivity index (χ4n) is 3.36. The SMILES string of the molecule is CC(C)CNC(=O)c1nc(C(=O)NC(C)c2ccccc2)c2n1CCCC2. The number of hydrogen-bond acceptors (Lipinski definition) is 3. The van der Waals surface area contributed by atoms with Crippen molar-refractivity contribution in [1.82, 2.24) is 20.2 Å². The second kappa shape index (κ2) is 8.37. The molecule has 1 aliphatic heterocycles. The lowest BCUT2D eigenvalue weighted by Crippen LogP contribution is -2.30. The third-order valence-electron chi connectivity index (χ3n) is 4.85. The first kappa shape index (κ1) is 19.1. The first-order valence-corrected chi connectivity index (χ1v) is 9.70. The van der Waals surface area contributed by atoms with Crippen LogP contribution in [0.2, 0.25) is 0 Å². The molecule has 6 nitrogen and oxygen atoms in total. The van der Waals surface area contributed by atoms with Crippen LogP contribution < -0.4 is 10.6 Å². The van der Waals surface area contributed by atoms with Gasteiger partial charge in [-0.25, -0.2) is 4.98 Å². The molecular formula is C21H28N4O2. The Labute approximate surface area is 160 Å². The second-order valence-electron chi connectivity index (χ2n) is 7.55. The summed E-state index contributed by atoms with van der Waals surface area (Å²) in [7, 11) is 0. The van der Waals surface area contributed by atoms with Gasteiger partial charge in [-0.05, 0) is 37.7 Å². The summed E-state index contributed by atoms with van der Waals surface area (Å²) in [6, 6.07) is 9.70. The van der Waals surface area contributed by atoms with Crippen molar-refractivity contribution in [1.29, 1.82) is 0 Å². The highest BCUT2D eigenvalue weighted by Gasteiger charge is 2.28. The van der Waals surface area contributed by atoms with Crippen LogP contribution in [0, 0.1) is 5.92 Å². The van der Waals surface area contributed by atoms with Gasteiger partial charge in [0, 0.05) is 13.1 Å². The number of carbonyl (C=O) groups excluding carboxylic acids is 2. The minimum Gasteiger partial charge on any atom is -0.349 e. The molecule has 27 heavy (non-hydrogen) atoms. The van der Waals surface area contributed by atoms with Crippen molar-refractivity contribution in [2.24, 2.45) is 5.92 Å². The minimum absolute atomic E-state index is 0.127. The summed E-state index contributed by atoms with van der Waals surface area (Å²) in [5.41, 5.74) is 2.29. The van der Waals surface area contributed by atoms with Crippen molar-refractivity contribution in [2.45, 2.75) is 52.6 Å². The van der Waals surface area contributed by atoms with Crippen LogP contribution in [0.1, 0.15) is 72.0 Å². The molecule has 1 aromatic heterocycles. The molecule has 0 aliphatic carbocycles. The van der Waals surface area contributed by atoms with Crippen LogP contribution in [0.5, 0.6) is 0 Å². The largest absolute Gasteiger partial charge is 0.349 e. The Morgan fingerprint density at radius 1 is 1.11 bits per heavy atom. The van der Waals surface area contributed by atoms with E-state index in [-0.39, 0.29) is 17.9 Å². The number of fused-ring (bicyclic) bond motifs is 1. The van der Waals surface area contributed by atoms with E-state index < -0.39 is 0 Å². The summed E-state index contributed by atoms with van der Waals surface area (Å²) in [5, 5.41) is 5.93. The zero-order valence-corrected chi connectivity index (χ0v) is 16.3. The molecule has 144 valence electrons. The number of aromatic nitrogens is 2. The molecule has 0 radical (unpaired) electrons. The molecule has 3 rings (SSSR count). The van der Waals surface area contributed by atoms with E-state index in [0.29, 0.717) is 24.0 Å². The molecular weight excluding hydrogens is 340 g/mol. The smallest absolute Gasteiger partial charge is 0.287 e. The van der Waals surface area contributed by atoms with Gasteiger partial charge in [0.2, 0.25) is 0 Å². The summed E-state index contributed by atoms with van der Waals surface area (Å²) < 4.78 is 1.92. The lowest BCUT2D eigenvalue weighted by Gasteiger charge is -2.18. The molecule has 1 aliphatic rings. The molecule has 1 atom stereocenters. The minimum atomic E-state index is -0.222. The Morgan fingerprint density at radius 2 is 1.85 bits per heavy atom. The first-order valence-electron chi connectivity index (χ1n) is 9.70. The van der Waals surface area contributed by atoms with Crippen molar-refractivity contribution < 1.29 is 9.59 Å². The topological polar surface area (TPSA) is 76.0 Å². The van der Waals surface area contributed by atoms with Crippen LogP contribution >= 0.6 is 0 Å². The Bertz CT molecular complexity index is 811. The third-order valence-corrected chi connectivity index (χ3v) is 4.85. The predicted molar refractivity (Wildman–Crippen MR) is 105 cm³/mol. The van der Waals surface area contributed by atoms with E-state index in [0.717, 1.165) is 37.1 Å². The highest BCUT2D eigenvalue weighted by molar-refractivity contribution is 5.97. The number of rotatable bonds is 6. The maximum Gasteiger partial charge on any atom is 0.287 e. The maximum absolute atomic E-state index is 12.9. The Kier molecular flexibility index (Phi) is 5.94. The number of imidazole rings is 1. The Morgan fingerprint density at radius 3 is 2.56 bits per heavy atom. The highest BCUT2D eigenvalue weighted by atomic mass is 16.2. The summed E-state index contributed by atoms with van der Waals surface area (Å²) in [6.07, 6.45) is 2.77. The van der Waals surface area contributed by atoms with Crippen LogP contribution in [0.15, 0.2) is 30.3 Å². The van der Waals surface area contributed by atoms with E-state index in [1.807, 2.05) is 55.7 Å². The molecule has 6 heteroatoms. The van der Waals surface area contributed by atoms with E-state index >= 15 is 0 Å². The van der Waals surface area contributed by atoms with Crippen molar-refractivity contribution in [3.63, 3.8) is 0 Å². The molecule has 0 bridgehead atoms. The van der Waals surface area contributed by atoms with Gasteiger partial charge in [-0.15, -0.1) is 0 Å². The molecule has 2 amide bonds. The van der Waals surface area contributed by atoms with Crippen molar-refractivity contribution in [3.8, 4) is 0 Å². The Hall–Kier alpha value is -2.63. The quantitative estimate of drug-likeness (QED) is 0.823. The summed E-state index contributed by atoms with van der Waals surface area (Å²) in [6.45, 7) is 7.37. The number of nitrogens with one attached hydrogen (secondary N) is 2. The maximum atomic E-state index is 12.9.